The van der Waals surface area contributed by atoms with E-state index < -0.39 is 0 Å². The number of ketones is 1. The number of rotatable bonds is 1. The highest BCUT2D eigenvalue weighted by Gasteiger charge is 2.24. The van der Waals surface area contributed by atoms with Crippen molar-refractivity contribution in [1.82, 2.24) is 0 Å². The Morgan fingerprint density at radius 3 is 2.94 bits per heavy atom. The van der Waals surface area contributed by atoms with Gasteiger partial charge in [0.1, 0.15) is 5.76 Å². The number of anilines is 1. The predicted octanol–water partition coefficient (Wildman–Crippen LogP) is 2.68. The van der Waals surface area contributed by atoms with Crippen LogP contribution in [-0.4, -0.2) is 5.78 Å². The molecule has 0 bridgehead atoms. The molecular weight excluding hydrogens is 214 g/mol. The van der Waals surface area contributed by atoms with Crippen molar-refractivity contribution in [3.63, 3.8) is 0 Å². The zero-order chi connectivity index (χ0) is 11.8. The quantitative estimate of drug-likeness (QED) is 0.599. The average Bonchev–Trinajstić information content (AvgIpc) is 2.89. The maximum absolute atomic E-state index is 12.1. The number of nitrogen functional groups attached to an aromatic ring is 1. The van der Waals surface area contributed by atoms with Gasteiger partial charge in [-0.15, -0.1) is 0 Å². The maximum Gasteiger partial charge on any atom is 0.189 e. The number of nitrogens with two attached hydrogens (primary N) is 1. The van der Waals surface area contributed by atoms with Gasteiger partial charge in [0, 0.05) is 23.2 Å². The number of carbonyl (C=O) groups excluding carboxylic acids is 1. The third kappa shape index (κ3) is 1.65. The molecule has 0 saturated heterocycles. The number of hydrogen-bond donors (Lipinski definition) is 1. The highest BCUT2D eigenvalue weighted by molar-refractivity contribution is 6.15. The molecule has 0 fully saturated rings. The molecular formula is C14H11NO2. The SMILES string of the molecule is Nc1ccc2c(c1)CC(=Cc1ccco1)C2=O. The van der Waals surface area contributed by atoms with Crippen LogP contribution in [0.2, 0.25) is 0 Å². The van der Waals surface area contributed by atoms with E-state index >= 15 is 0 Å². The minimum atomic E-state index is 0.0661. The Labute approximate surface area is 98.5 Å². The van der Waals surface area contributed by atoms with Gasteiger partial charge in [0.15, 0.2) is 5.78 Å². The molecule has 0 radical (unpaired) electrons. The van der Waals surface area contributed by atoms with E-state index in [0.29, 0.717) is 17.9 Å². The summed E-state index contributed by atoms with van der Waals surface area (Å²) in [5.41, 5.74) is 8.89. The lowest BCUT2D eigenvalue weighted by atomic mass is 10.1. The van der Waals surface area contributed by atoms with Gasteiger partial charge in [-0.2, -0.15) is 0 Å². The fourth-order valence-corrected chi connectivity index (χ4v) is 2.10. The van der Waals surface area contributed by atoms with E-state index in [-0.39, 0.29) is 5.78 Å². The minimum absolute atomic E-state index is 0.0661. The summed E-state index contributed by atoms with van der Waals surface area (Å²) in [4.78, 5) is 12.1. The van der Waals surface area contributed by atoms with Gasteiger partial charge in [-0.3, -0.25) is 4.79 Å². The lowest BCUT2D eigenvalue weighted by Crippen LogP contribution is -1.95. The van der Waals surface area contributed by atoms with E-state index in [4.69, 9.17) is 10.2 Å². The maximum atomic E-state index is 12.1. The third-order valence-electron chi connectivity index (χ3n) is 2.91. The predicted molar refractivity (Wildman–Crippen MR) is 65.6 cm³/mol. The minimum Gasteiger partial charge on any atom is -0.465 e. The van der Waals surface area contributed by atoms with Crippen LogP contribution in [0.3, 0.4) is 0 Å². The molecule has 1 heterocycles. The number of Topliss-reactive ketones (excluding diaryl/α,β-unsaturated/α-hetero) is 1. The van der Waals surface area contributed by atoms with Gasteiger partial charge in [0.2, 0.25) is 0 Å². The van der Waals surface area contributed by atoms with Gasteiger partial charge in [-0.25, -0.2) is 0 Å². The van der Waals surface area contributed by atoms with E-state index in [9.17, 15) is 4.79 Å². The Morgan fingerprint density at radius 2 is 2.18 bits per heavy atom. The van der Waals surface area contributed by atoms with Crippen LogP contribution in [0.1, 0.15) is 21.7 Å². The summed E-state index contributed by atoms with van der Waals surface area (Å²) in [6.45, 7) is 0. The molecule has 0 amide bonds. The molecule has 3 heteroatoms. The van der Waals surface area contributed by atoms with Crippen LogP contribution in [0.5, 0.6) is 0 Å². The zero-order valence-corrected chi connectivity index (χ0v) is 9.14. The number of carbonyl (C=O) groups is 1. The van der Waals surface area contributed by atoms with Gasteiger partial charge in [-0.05, 0) is 42.0 Å². The first-order chi connectivity index (χ1) is 8.24. The molecule has 84 valence electrons. The molecule has 3 rings (SSSR count). The number of benzene rings is 1. The topological polar surface area (TPSA) is 56.2 Å². The third-order valence-corrected chi connectivity index (χ3v) is 2.91. The Morgan fingerprint density at radius 1 is 1.29 bits per heavy atom. The molecule has 0 spiro atoms. The molecule has 0 atom stereocenters. The Hall–Kier alpha value is -2.29. The monoisotopic (exact) mass is 225 g/mol. The van der Waals surface area contributed by atoms with Crippen molar-refractivity contribution in [2.24, 2.45) is 0 Å². The molecule has 2 N–H and O–H groups in total. The van der Waals surface area contributed by atoms with Gasteiger partial charge in [0.25, 0.3) is 0 Å². The summed E-state index contributed by atoms with van der Waals surface area (Å²) in [5.74, 6) is 0.769. The average molecular weight is 225 g/mol. The highest BCUT2D eigenvalue weighted by atomic mass is 16.3. The van der Waals surface area contributed by atoms with Crippen molar-refractivity contribution in [3.05, 3.63) is 59.1 Å². The molecule has 1 aliphatic rings. The molecule has 0 aliphatic heterocycles. The van der Waals surface area contributed by atoms with Crippen molar-refractivity contribution in [2.45, 2.75) is 6.42 Å². The molecule has 0 unspecified atom stereocenters. The summed E-state index contributed by atoms with van der Waals surface area (Å²) in [5, 5.41) is 0. The zero-order valence-electron chi connectivity index (χ0n) is 9.14. The summed E-state index contributed by atoms with van der Waals surface area (Å²) in [7, 11) is 0. The van der Waals surface area contributed by atoms with E-state index in [1.807, 2.05) is 12.1 Å². The van der Waals surface area contributed by atoms with Crippen LogP contribution in [-0.2, 0) is 6.42 Å². The largest absolute Gasteiger partial charge is 0.465 e. The van der Waals surface area contributed by atoms with E-state index in [2.05, 4.69) is 0 Å². The number of allylic oxidation sites excluding steroid dienone is 1. The second-order valence-electron chi connectivity index (χ2n) is 4.11. The lowest BCUT2D eigenvalue weighted by Gasteiger charge is -1.96. The normalized spacial score (nSPS) is 16.5. The van der Waals surface area contributed by atoms with Gasteiger partial charge in [0.05, 0.1) is 6.26 Å². The summed E-state index contributed by atoms with van der Waals surface area (Å²) < 4.78 is 5.21. The van der Waals surface area contributed by atoms with E-state index in [1.54, 1.807) is 30.5 Å². The Kier molecular flexibility index (Phi) is 2.11. The van der Waals surface area contributed by atoms with Crippen molar-refractivity contribution in [3.8, 4) is 0 Å². The molecule has 1 aromatic carbocycles. The van der Waals surface area contributed by atoms with Crippen molar-refractivity contribution in [1.29, 1.82) is 0 Å². The van der Waals surface area contributed by atoms with Crippen molar-refractivity contribution < 1.29 is 9.21 Å². The Bertz CT molecular complexity index is 609. The number of hydrogen-bond acceptors (Lipinski definition) is 3. The molecule has 17 heavy (non-hydrogen) atoms. The van der Waals surface area contributed by atoms with Gasteiger partial charge >= 0.3 is 0 Å². The Balaban J connectivity index is 2.02. The van der Waals surface area contributed by atoms with E-state index in [0.717, 1.165) is 16.7 Å². The smallest absolute Gasteiger partial charge is 0.189 e. The van der Waals surface area contributed by atoms with Crippen LogP contribution in [0.15, 0.2) is 46.6 Å². The molecule has 0 saturated carbocycles. The van der Waals surface area contributed by atoms with Crippen LogP contribution in [0.25, 0.3) is 6.08 Å². The standard InChI is InChI=1S/C14H11NO2/c15-11-3-4-13-9(7-11)6-10(14(13)16)8-12-2-1-5-17-12/h1-5,7-8H,6,15H2. The molecule has 2 aromatic rings. The van der Waals surface area contributed by atoms with Gasteiger partial charge in [-0.1, -0.05) is 0 Å². The number of furan rings is 1. The fraction of sp³-hybridized carbons (Fsp3) is 0.0714. The molecule has 3 nitrogen and oxygen atoms in total. The lowest BCUT2D eigenvalue weighted by molar-refractivity contribution is 0.104. The first kappa shape index (κ1) is 9.90. The van der Waals surface area contributed by atoms with Crippen LogP contribution >= 0.6 is 0 Å². The fourth-order valence-electron chi connectivity index (χ4n) is 2.10. The van der Waals surface area contributed by atoms with Gasteiger partial charge < -0.3 is 10.2 Å². The number of fused-ring (bicyclic) bond motifs is 1. The van der Waals surface area contributed by atoms with Crippen LogP contribution in [0.4, 0.5) is 5.69 Å². The molecule has 1 aromatic heterocycles. The first-order valence-corrected chi connectivity index (χ1v) is 5.41. The summed E-state index contributed by atoms with van der Waals surface area (Å²) in [6.07, 6.45) is 4.01. The second-order valence-corrected chi connectivity index (χ2v) is 4.11. The van der Waals surface area contributed by atoms with Crippen molar-refractivity contribution in [2.75, 3.05) is 5.73 Å². The summed E-state index contributed by atoms with van der Waals surface area (Å²) in [6, 6.07) is 9.04. The van der Waals surface area contributed by atoms with Crippen molar-refractivity contribution >= 4 is 17.5 Å². The second kappa shape index (κ2) is 3.63. The highest BCUT2D eigenvalue weighted by Crippen LogP contribution is 2.29. The summed E-state index contributed by atoms with van der Waals surface area (Å²) >= 11 is 0. The molecule has 1 aliphatic carbocycles. The first-order valence-electron chi connectivity index (χ1n) is 5.41. The van der Waals surface area contributed by atoms with Crippen LogP contribution in [0, 0.1) is 0 Å². The van der Waals surface area contributed by atoms with E-state index in [1.165, 1.54) is 0 Å². The van der Waals surface area contributed by atoms with Crippen LogP contribution < -0.4 is 5.73 Å².